The van der Waals surface area contributed by atoms with E-state index < -0.39 is 0 Å². The Bertz CT molecular complexity index is 718. The molecule has 1 aromatic carbocycles. The minimum Gasteiger partial charge on any atom is -0.335 e. The van der Waals surface area contributed by atoms with Crippen LogP contribution in [0.4, 0.5) is 4.39 Å². The van der Waals surface area contributed by atoms with Gasteiger partial charge in [-0.2, -0.15) is 0 Å². The molecule has 1 aliphatic heterocycles. The molecule has 1 amide bonds. The second-order valence-electron chi connectivity index (χ2n) is 5.63. The van der Waals surface area contributed by atoms with Crippen LogP contribution in [0.5, 0.6) is 0 Å². The number of carbonyl (C=O) groups excluding carboxylic acids is 1. The van der Waals surface area contributed by atoms with Crippen LogP contribution in [-0.4, -0.2) is 28.4 Å². The molecular weight excluding hydrogens is 338 g/mol. The minimum absolute atomic E-state index is 0.0509. The summed E-state index contributed by atoms with van der Waals surface area (Å²) in [4.78, 5) is 18.4. The van der Waals surface area contributed by atoms with E-state index in [1.165, 1.54) is 24.3 Å². The second kappa shape index (κ2) is 6.85. The summed E-state index contributed by atoms with van der Waals surface area (Å²) in [6.07, 6.45) is 2.46. The molecule has 1 fully saturated rings. The molecule has 6 heteroatoms. The standard InChI is InChI=1S/C17H15Cl2FN2O/c18-15-9-12(10-16(19)21-15)17(23)22-6-2-5-14(22)8-11-3-1-4-13(20)7-11/h1,3-4,7,9-10,14H,2,5-6,8H2. The maximum absolute atomic E-state index is 13.3. The molecule has 3 nitrogen and oxygen atoms in total. The van der Waals surface area contributed by atoms with Crippen LogP contribution in [-0.2, 0) is 6.42 Å². The SMILES string of the molecule is O=C(c1cc(Cl)nc(Cl)c1)N1CCCC1Cc1cccc(F)c1. The fourth-order valence-electron chi connectivity index (χ4n) is 3.01. The van der Waals surface area contributed by atoms with Crippen molar-refractivity contribution in [3.8, 4) is 0 Å². The number of benzene rings is 1. The number of aromatic nitrogens is 1. The molecule has 0 spiro atoms. The number of nitrogens with zero attached hydrogens (tertiary/aromatic N) is 2. The van der Waals surface area contributed by atoms with Gasteiger partial charge in [0.15, 0.2) is 0 Å². The zero-order valence-electron chi connectivity index (χ0n) is 12.3. The smallest absolute Gasteiger partial charge is 0.254 e. The molecule has 1 unspecified atom stereocenters. The van der Waals surface area contributed by atoms with Crippen molar-refractivity contribution in [2.45, 2.75) is 25.3 Å². The van der Waals surface area contributed by atoms with Crippen molar-refractivity contribution in [2.75, 3.05) is 6.54 Å². The predicted molar refractivity (Wildman–Crippen MR) is 88.4 cm³/mol. The van der Waals surface area contributed by atoms with Crippen LogP contribution in [0.25, 0.3) is 0 Å². The lowest BCUT2D eigenvalue weighted by Crippen LogP contribution is -2.36. The van der Waals surface area contributed by atoms with Gasteiger partial charge < -0.3 is 4.90 Å². The van der Waals surface area contributed by atoms with E-state index >= 15 is 0 Å². The van der Waals surface area contributed by atoms with Gasteiger partial charge in [0, 0.05) is 18.2 Å². The lowest BCUT2D eigenvalue weighted by Gasteiger charge is -2.25. The number of pyridine rings is 1. The number of hydrogen-bond donors (Lipinski definition) is 0. The molecule has 1 saturated heterocycles. The van der Waals surface area contributed by atoms with Crippen LogP contribution >= 0.6 is 23.2 Å². The lowest BCUT2D eigenvalue weighted by atomic mass is 10.0. The number of likely N-dealkylation sites (tertiary alicyclic amines) is 1. The summed E-state index contributed by atoms with van der Waals surface area (Å²) in [7, 11) is 0. The highest BCUT2D eigenvalue weighted by atomic mass is 35.5. The molecule has 23 heavy (non-hydrogen) atoms. The van der Waals surface area contributed by atoms with E-state index in [-0.39, 0.29) is 28.1 Å². The Kier molecular flexibility index (Phi) is 4.83. The van der Waals surface area contributed by atoms with E-state index in [0.29, 0.717) is 18.5 Å². The summed E-state index contributed by atoms with van der Waals surface area (Å²) in [5, 5.41) is 0.392. The van der Waals surface area contributed by atoms with Gasteiger partial charge in [0.25, 0.3) is 5.91 Å². The molecule has 0 saturated carbocycles. The summed E-state index contributed by atoms with van der Waals surface area (Å²) in [6, 6.07) is 9.59. The first-order valence-corrected chi connectivity index (χ1v) is 8.17. The maximum Gasteiger partial charge on any atom is 0.254 e. The Labute approximate surface area is 144 Å². The van der Waals surface area contributed by atoms with Crippen LogP contribution in [0.15, 0.2) is 36.4 Å². The lowest BCUT2D eigenvalue weighted by molar-refractivity contribution is 0.0736. The molecule has 0 bridgehead atoms. The zero-order valence-corrected chi connectivity index (χ0v) is 13.8. The molecule has 0 N–H and O–H groups in total. The predicted octanol–water partition coefficient (Wildman–Crippen LogP) is 4.37. The molecule has 1 aromatic heterocycles. The van der Waals surface area contributed by atoms with Crippen LogP contribution in [0.1, 0.15) is 28.8 Å². The third-order valence-corrected chi connectivity index (χ3v) is 4.40. The van der Waals surface area contributed by atoms with Crippen molar-refractivity contribution < 1.29 is 9.18 Å². The van der Waals surface area contributed by atoms with Gasteiger partial charge >= 0.3 is 0 Å². The first-order chi connectivity index (χ1) is 11.0. The van der Waals surface area contributed by atoms with Crippen molar-refractivity contribution in [3.63, 3.8) is 0 Å². The molecule has 1 atom stereocenters. The van der Waals surface area contributed by atoms with E-state index in [1.54, 1.807) is 6.07 Å². The van der Waals surface area contributed by atoms with Gasteiger partial charge in [-0.3, -0.25) is 4.79 Å². The quantitative estimate of drug-likeness (QED) is 0.768. The van der Waals surface area contributed by atoms with Gasteiger partial charge in [-0.25, -0.2) is 9.37 Å². The van der Waals surface area contributed by atoms with Crippen LogP contribution < -0.4 is 0 Å². The monoisotopic (exact) mass is 352 g/mol. The van der Waals surface area contributed by atoms with Gasteiger partial charge in [0.1, 0.15) is 16.1 Å². The van der Waals surface area contributed by atoms with Crippen molar-refractivity contribution in [3.05, 3.63) is 63.6 Å². The molecule has 2 heterocycles. The van der Waals surface area contributed by atoms with Gasteiger partial charge in [-0.15, -0.1) is 0 Å². The fraction of sp³-hybridized carbons (Fsp3) is 0.294. The first-order valence-electron chi connectivity index (χ1n) is 7.41. The van der Waals surface area contributed by atoms with Crippen LogP contribution in [0, 0.1) is 5.82 Å². The van der Waals surface area contributed by atoms with Crippen molar-refractivity contribution in [1.82, 2.24) is 9.88 Å². The van der Waals surface area contributed by atoms with E-state index in [1.807, 2.05) is 11.0 Å². The summed E-state index contributed by atoms with van der Waals surface area (Å²) >= 11 is 11.8. The Morgan fingerprint density at radius 2 is 2.00 bits per heavy atom. The summed E-state index contributed by atoms with van der Waals surface area (Å²) in [5.41, 5.74) is 1.32. The van der Waals surface area contributed by atoms with E-state index in [0.717, 1.165) is 18.4 Å². The van der Waals surface area contributed by atoms with Gasteiger partial charge in [0.05, 0.1) is 0 Å². The molecule has 0 radical (unpaired) electrons. The van der Waals surface area contributed by atoms with E-state index in [9.17, 15) is 9.18 Å². The maximum atomic E-state index is 13.3. The Balaban J connectivity index is 1.79. The molecule has 3 rings (SSSR count). The molecule has 0 aliphatic carbocycles. The molecule has 2 aromatic rings. The normalized spacial score (nSPS) is 17.5. The third-order valence-electron chi connectivity index (χ3n) is 4.01. The summed E-state index contributed by atoms with van der Waals surface area (Å²) < 4.78 is 13.3. The highest BCUT2D eigenvalue weighted by Gasteiger charge is 2.29. The summed E-state index contributed by atoms with van der Waals surface area (Å²) in [5.74, 6) is -0.374. The number of halogens is 3. The highest BCUT2D eigenvalue weighted by Crippen LogP contribution is 2.25. The summed E-state index contributed by atoms with van der Waals surface area (Å²) in [6.45, 7) is 0.677. The second-order valence-corrected chi connectivity index (χ2v) is 6.40. The largest absolute Gasteiger partial charge is 0.335 e. The van der Waals surface area contributed by atoms with Gasteiger partial charge in [-0.1, -0.05) is 35.3 Å². The third kappa shape index (κ3) is 3.82. The minimum atomic E-state index is -0.258. The first kappa shape index (κ1) is 16.2. The number of hydrogen-bond acceptors (Lipinski definition) is 2. The number of amides is 1. The van der Waals surface area contributed by atoms with Crippen molar-refractivity contribution >= 4 is 29.1 Å². The number of carbonyl (C=O) groups is 1. The Morgan fingerprint density at radius 1 is 1.26 bits per heavy atom. The molecule has 120 valence electrons. The van der Waals surface area contributed by atoms with Gasteiger partial charge in [0.2, 0.25) is 0 Å². The zero-order chi connectivity index (χ0) is 16.4. The van der Waals surface area contributed by atoms with Crippen molar-refractivity contribution in [1.29, 1.82) is 0 Å². The van der Waals surface area contributed by atoms with Crippen LogP contribution in [0.2, 0.25) is 10.3 Å². The Hall–Kier alpha value is -1.65. The average Bonchev–Trinajstić information content (AvgIpc) is 2.93. The Morgan fingerprint density at radius 3 is 2.70 bits per heavy atom. The highest BCUT2D eigenvalue weighted by molar-refractivity contribution is 6.33. The van der Waals surface area contributed by atoms with Gasteiger partial charge in [-0.05, 0) is 49.1 Å². The molecule has 1 aliphatic rings. The van der Waals surface area contributed by atoms with E-state index in [2.05, 4.69) is 4.98 Å². The molecular formula is C17H15Cl2FN2O. The van der Waals surface area contributed by atoms with Crippen molar-refractivity contribution in [2.24, 2.45) is 0 Å². The number of rotatable bonds is 3. The average molecular weight is 353 g/mol. The van der Waals surface area contributed by atoms with E-state index in [4.69, 9.17) is 23.2 Å². The van der Waals surface area contributed by atoms with Crippen LogP contribution in [0.3, 0.4) is 0 Å². The topological polar surface area (TPSA) is 33.2 Å². The fourth-order valence-corrected chi connectivity index (χ4v) is 3.47.